The van der Waals surface area contributed by atoms with Gasteiger partial charge >= 0.3 is 0 Å². The second kappa shape index (κ2) is 14.1. The van der Waals surface area contributed by atoms with Crippen molar-refractivity contribution in [3.8, 4) is 11.5 Å². The molecule has 1 fully saturated rings. The normalized spacial score (nSPS) is 15.6. The molecule has 1 saturated heterocycles. The lowest BCUT2D eigenvalue weighted by atomic mass is 10.0. The quantitative estimate of drug-likeness (QED) is 0.175. The highest BCUT2D eigenvalue weighted by Gasteiger charge is 2.39. The van der Waals surface area contributed by atoms with E-state index >= 15 is 0 Å². The van der Waals surface area contributed by atoms with Gasteiger partial charge in [-0.2, -0.15) is 0 Å². The van der Waals surface area contributed by atoms with Gasteiger partial charge in [0, 0.05) is 37.4 Å². The van der Waals surface area contributed by atoms with E-state index in [-0.39, 0.29) is 49.7 Å². The molecule has 0 saturated carbocycles. The number of benzene rings is 2. The van der Waals surface area contributed by atoms with Gasteiger partial charge in [0.25, 0.3) is 23.5 Å². The van der Waals surface area contributed by atoms with Crippen LogP contribution >= 0.6 is 0 Å². The van der Waals surface area contributed by atoms with Gasteiger partial charge in [0.2, 0.25) is 0 Å². The summed E-state index contributed by atoms with van der Waals surface area (Å²) in [5, 5.41) is 20.4. The number of fused-ring (bicyclic) bond motifs is 2. The number of hydrogen-bond donors (Lipinski definition) is 2. The lowest BCUT2D eigenvalue weighted by molar-refractivity contribution is -0.687. The Labute approximate surface area is 279 Å². The van der Waals surface area contributed by atoms with E-state index in [2.05, 4.69) is 14.1 Å². The number of amides is 3. The van der Waals surface area contributed by atoms with Gasteiger partial charge in [-0.3, -0.25) is 24.3 Å². The Hall–Kier alpha value is -4.81. The molecular weight excluding hydrogens is 614 g/mol. The molecule has 4 heterocycles. The number of ether oxygens (including phenoxy) is 2. The van der Waals surface area contributed by atoms with Gasteiger partial charge in [0.05, 0.1) is 36.9 Å². The smallest absolute Gasteiger partial charge is 0.277 e. The number of aromatic nitrogens is 3. The van der Waals surface area contributed by atoms with Crippen molar-refractivity contribution in [3.63, 3.8) is 0 Å². The van der Waals surface area contributed by atoms with Gasteiger partial charge in [0.1, 0.15) is 23.7 Å². The zero-order valence-corrected chi connectivity index (χ0v) is 27.6. The Bertz CT molecular complexity index is 1810. The predicted molar refractivity (Wildman–Crippen MR) is 175 cm³/mol. The minimum atomic E-state index is -0.795. The van der Waals surface area contributed by atoms with Crippen molar-refractivity contribution in [3.05, 3.63) is 82.9 Å². The fraction of sp³-hybridized carbons (Fsp3) is 0.417. The van der Waals surface area contributed by atoms with E-state index in [0.717, 1.165) is 29.7 Å². The summed E-state index contributed by atoms with van der Waals surface area (Å²) in [6.07, 6.45) is 1.04. The number of hydrogen-bond acceptors (Lipinski definition) is 8. The maximum absolute atomic E-state index is 13.4. The lowest BCUT2D eigenvalue weighted by Crippen LogP contribution is -2.45. The fourth-order valence-electron chi connectivity index (χ4n) is 6.61. The van der Waals surface area contributed by atoms with E-state index < -0.39 is 6.10 Å². The maximum Gasteiger partial charge on any atom is 0.277 e. The van der Waals surface area contributed by atoms with E-state index in [4.69, 9.17) is 9.47 Å². The molecule has 1 atom stereocenters. The summed E-state index contributed by atoms with van der Waals surface area (Å²) in [4.78, 5) is 47.2. The highest BCUT2D eigenvalue weighted by Crippen LogP contribution is 2.28. The molecule has 0 unspecified atom stereocenters. The molecule has 0 aliphatic carbocycles. The summed E-state index contributed by atoms with van der Waals surface area (Å²) >= 11 is 0. The van der Waals surface area contributed by atoms with Crippen molar-refractivity contribution in [2.24, 2.45) is 5.92 Å². The minimum Gasteiger partial charge on any atom is -0.506 e. The van der Waals surface area contributed by atoms with E-state index in [1.165, 1.54) is 15.9 Å². The van der Waals surface area contributed by atoms with Gasteiger partial charge in [-0.15, -0.1) is 0 Å². The van der Waals surface area contributed by atoms with Crippen LogP contribution in [0.5, 0.6) is 11.5 Å². The van der Waals surface area contributed by atoms with Gasteiger partial charge in [0.15, 0.2) is 17.6 Å². The van der Waals surface area contributed by atoms with Crippen molar-refractivity contribution in [2.75, 3.05) is 26.4 Å². The Kier molecular flexibility index (Phi) is 9.74. The highest BCUT2D eigenvalue weighted by atomic mass is 16.5. The molecule has 48 heavy (non-hydrogen) atoms. The molecule has 0 bridgehead atoms. The molecule has 2 aromatic heterocycles. The molecule has 2 aliphatic rings. The second-order valence-corrected chi connectivity index (χ2v) is 12.5. The van der Waals surface area contributed by atoms with Crippen LogP contribution in [0, 0.1) is 12.8 Å². The first-order chi connectivity index (χ1) is 23.1. The molecule has 2 aromatic carbocycles. The van der Waals surface area contributed by atoms with E-state index in [9.17, 15) is 24.6 Å². The molecule has 0 radical (unpaired) electrons. The van der Waals surface area contributed by atoms with Crippen molar-refractivity contribution < 1.29 is 38.6 Å². The summed E-state index contributed by atoms with van der Waals surface area (Å²) in [5.41, 5.74) is 3.66. The molecular formula is C36H42N5O7+. The zero-order valence-electron chi connectivity index (χ0n) is 27.6. The number of imidazole rings is 1. The van der Waals surface area contributed by atoms with E-state index in [1.807, 2.05) is 25.1 Å². The topological polar surface area (TPSA) is 138 Å². The average Bonchev–Trinajstić information content (AvgIpc) is 3.50. The molecule has 12 nitrogen and oxygen atoms in total. The van der Waals surface area contributed by atoms with Gasteiger partial charge in [-0.25, -0.2) is 9.13 Å². The van der Waals surface area contributed by atoms with Crippen LogP contribution in [0.4, 0.5) is 0 Å². The van der Waals surface area contributed by atoms with Crippen LogP contribution in [0.15, 0.2) is 54.6 Å². The Morgan fingerprint density at radius 2 is 1.81 bits per heavy atom. The van der Waals surface area contributed by atoms with Crippen LogP contribution in [0.3, 0.4) is 0 Å². The van der Waals surface area contributed by atoms with Crippen LogP contribution in [0.1, 0.15) is 64.6 Å². The molecule has 2 N–H and O–H groups in total. The first-order valence-corrected chi connectivity index (χ1v) is 16.5. The monoisotopic (exact) mass is 656 g/mol. The third-order valence-electron chi connectivity index (χ3n) is 9.06. The van der Waals surface area contributed by atoms with Crippen LogP contribution in [0.25, 0.3) is 11.0 Å². The van der Waals surface area contributed by atoms with Crippen LogP contribution in [0.2, 0.25) is 0 Å². The van der Waals surface area contributed by atoms with Crippen LogP contribution in [-0.4, -0.2) is 79.8 Å². The number of aliphatic hydroxyl groups excluding tert-OH is 1. The standard InChI is InChI=1S/C36H41N5O7/c1-4-39-31-17-26(48-22-34(44)38(18-24(3)42)20-29-32(43)12-9-23(2)37-29)10-11-30(31)40(19-25-13-15-47-16-14-25)33(39)21-41-35(45)27-7-5-6-8-28(27)36(41)46/h5-12,17,24-25,42H,4,13-16,18-22H2,1-3H3/p+1/t24-/m0/s1. The summed E-state index contributed by atoms with van der Waals surface area (Å²) in [6.45, 7) is 7.97. The molecule has 2 aliphatic heterocycles. The van der Waals surface area contributed by atoms with Crippen molar-refractivity contribution >= 4 is 28.8 Å². The number of carbonyl (C=O) groups is 3. The molecule has 4 aromatic rings. The molecule has 0 spiro atoms. The largest absolute Gasteiger partial charge is 0.506 e. The van der Waals surface area contributed by atoms with Crippen LogP contribution in [-0.2, 0) is 35.7 Å². The SMILES string of the molecule is CCn1c(CN2C(=O)c3ccccc3C2=O)[n+](CC2CCOCC2)c2ccc(OCC(=O)N(Cc3nc(C)ccc3O)C[C@H](C)O)cc21. The Balaban J connectivity index is 1.28. The minimum absolute atomic E-state index is 0.0195. The van der Waals surface area contributed by atoms with Gasteiger partial charge in [-0.1, -0.05) is 12.1 Å². The maximum atomic E-state index is 13.4. The third-order valence-corrected chi connectivity index (χ3v) is 9.06. The number of carbonyl (C=O) groups excluding carboxylic acids is 3. The highest BCUT2D eigenvalue weighted by molar-refractivity contribution is 6.21. The lowest BCUT2D eigenvalue weighted by Gasteiger charge is -2.24. The number of aryl methyl sites for hydroxylation is 2. The summed E-state index contributed by atoms with van der Waals surface area (Å²) in [5.74, 6) is 0.667. The molecule has 12 heteroatoms. The number of aromatic hydroxyl groups is 1. The van der Waals surface area contributed by atoms with Crippen LogP contribution < -0.4 is 9.30 Å². The van der Waals surface area contributed by atoms with Gasteiger partial charge < -0.3 is 24.6 Å². The number of imide groups is 1. The first-order valence-electron chi connectivity index (χ1n) is 16.5. The van der Waals surface area contributed by atoms with Crippen molar-refractivity contribution in [1.82, 2.24) is 19.4 Å². The summed E-state index contributed by atoms with van der Waals surface area (Å²) in [7, 11) is 0. The van der Waals surface area contributed by atoms with E-state index in [1.54, 1.807) is 44.2 Å². The number of aliphatic hydroxyl groups is 1. The zero-order chi connectivity index (χ0) is 33.9. The van der Waals surface area contributed by atoms with Crippen molar-refractivity contribution in [2.45, 2.75) is 65.9 Å². The summed E-state index contributed by atoms with van der Waals surface area (Å²) < 4.78 is 15.9. The number of pyridine rings is 1. The summed E-state index contributed by atoms with van der Waals surface area (Å²) in [6, 6.07) is 15.8. The first kappa shape index (κ1) is 33.1. The molecule has 3 amide bonds. The number of nitrogens with zero attached hydrogens (tertiary/aromatic N) is 5. The van der Waals surface area contributed by atoms with Crippen molar-refractivity contribution in [1.29, 1.82) is 0 Å². The fourth-order valence-corrected chi connectivity index (χ4v) is 6.61. The average molecular weight is 657 g/mol. The number of rotatable bonds is 12. The second-order valence-electron chi connectivity index (χ2n) is 12.5. The molecule has 6 rings (SSSR count). The predicted octanol–water partition coefficient (Wildman–Crippen LogP) is 3.37. The van der Waals surface area contributed by atoms with Gasteiger partial charge in [-0.05, 0) is 70.0 Å². The Morgan fingerprint density at radius 3 is 2.48 bits per heavy atom. The third kappa shape index (κ3) is 6.76. The molecule has 252 valence electrons. The van der Waals surface area contributed by atoms with E-state index in [0.29, 0.717) is 60.5 Å². The Morgan fingerprint density at radius 1 is 1.10 bits per heavy atom.